The molecule has 0 aliphatic carbocycles. The fraction of sp³-hybridized carbons (Fsp3) is 0.615. The number of anilines is 2. The summed E-state index contributed by atoms with van der Waals surface area (Å²) >= 11 is 3.55. The fourth-order valence-corrected chi connectivity index (χ4v) is 2.69. The largest absolute Gasteiger partial charge is 0.397 e. The maximum absolute atomic E-state index is 5.83. The third-order valence-electron chi connectivity index (χ3n) is 3.34. The van der Waals surface area contributed by atoms with E-state index >= 15 is 0 Å². The molecule has 1 fully saturated rings. The molecule has 1 aliphatic heterocycles. The standard InChI is InChI=1S/C13H20BrN3O/c1-8-10(15)7-16-12(11(8)14)17-9-4-5-18-13(2,3)6-9/h7,9H,4-6,15H2,1-3H3,(H,16,17). The third kappa shape index (κ3) is 2.95. The summed E-state index contributed by atoms with van der Waals surface area (Å²) < 4.78 is 6.66. The number of nitrogens with zero attached hydrogens (tertiary/aromatic N) is 1. The molecule has 3 N–H and O–H groups in total. The summed E-state index contributed by atoms with van der Waals surface area (Å²) in [5.41, 5.74) is 7.50. The number of aromatic nitrogens is 1. The molecular formula is C13H20BrN3O. The average Bonchev–Trinajstić information content (AvgIpc) is 2.29. The molecule has 0 spiro atoms. The molecule has 2 heterocycles. The number of hydrogen-bond acceptors (Lipinski definition) is 4. The molecule has 1 unspecified atom stereocenters. The van der Waals surface area contributed by atoms with Gasteiger partial charge >= 0.3 is 0 Å². The number of rotatable bonds is 2. The monoisotopic (exact) mass is 313 g/mol. The number of ether oxygens (including phenoxy) is 1. The molecule has 1 aliphatic rings. The third-order valence-corrected chi connectivity index (χ3v) is 4.31. The van der Waals surface area contributed by atoms with Crippen LogP contribution in [-0.4, -0.2) is 23.2 Å². The number of nitrogens with one attached hydrogen (secondary N) is 1. The maximum atomic E-state index is 5.83. The van der Waals surface area contributed by atoms with Crippen LogP contribution in [0.1, 0.15) is 32.3 Å². The first-order valence-corrected chi connectivity index (χ1v) is 6.99. The van der Waals surface area contributed by atoms with Crippen molar-refractivity contribution >= 4 is 27.4 Å². The molecule has 1 aromatic heterocycles. The van der Waals surface area contributed by atoms with Crippen molar-refractivity contribution in [3.8, 4) is 0 Å². The van der Waals surface area contributed by atoms with Gasteiger partial charge in [-0.15, -0.1) is 0 Å². The van der Waals surface area contributed by atoms with Crippen molar-refractivity contribution in [2.24, 2.45) is 0 Å². The highest BCUT2D eigenvalue weighted by atomic mass is 79.9. The first-order chi connectivity index (χ1) is 8.39. The van der Waals surface area contributed by atoms with Gasteiger partial charge in [0.25, 0.3) is 0 Å². The molecule has 100 valence electrons. The zero-order valence-electron chi connectivity index (χ0n) is 11.1. The summed E-state index contributed by atoms with van der Waals surface area (Å²) in [6, 6.07) is 0.389. The van der Waals surface area contributed by atoms with E-state index in [4.69, 9.17) is 10.5 Å². The molecule has 0 aromatic carbocycles. The van der Waals surface area contributed by atoms with Crippen molar-refractivity contribution in [2.45, 2.75) is 45.3 Å². The van der Waals surface area contributed by atoms with E-state index in [1.54, 1.807) is 6.20 Å². The van der Waals surface area contributed by atoms with E-state index < -0.39 is 0 Å². The SMILES string of the molecule is Cc1c(N)cnc(NC2CCOC(C)(C)C2)c1Br. The molecule has 1 atom stereocenters. The van der Waals surface area contributed by atoms with Crippen LogP contribution in [0.15, 0.2) is 10.7 Å². The molecule has 0 bridgehead atoms. The van der Waals surface area contributed by atoms with Gasteiger partial charge in [-0.2, -0.15) is 0 Å². The van der Waals surface area contributed by atoms with Crippen LogP contribution < -0.4 is 11.1 Å². The molecule has 5 heteroatoms. The summed E-state index contributed by atoms with van der Waals surface area (Å²) in [7, 11) is 0. The van der Waals surface area contributed by atoms with Gasteiger partial charge in [0.2, 0.25) is 0 Å². The van der Waals surface area contributed by atoms with Crippen LogP contribution in [-0.2, 0) is 4.74 Å². The van der Waals surface area contributed by atoms with Gasteiger partial charge in [-0.1, -0.05) is 0 Å². The maximum Gasteiger partial charge on any atom is 0.140 e. The number of halogens is 1. The van der Waals surface area contributed by atoms with E-state index in [1.807, 2.05) is 6.92 Å². The second-order valence-electron chi connectivity index (χ2n) is 5.44. The molecule has 1 aromatic rings. The molecule has 0 saturated carbocycles. The predicted octanol–water partition coefficient (Wildman–Crippen LogP) is 3.10. The van der Waals surface area contributed by atoms with E-state index in [0.717, 1.165) is 35.3 Å². The lowest BCUT2D eigenvalue weighted by molar-refractivity contribution is -0.0553. The molecule has 2 rings (SSSR count). The van der Waals surface area contributed by atoms with Gasteiger partial charge in [-0.3, -0.25) is 0 Å². The Kier molecular flexibility index (Phi) is 3.82. The van der Waals surface area contributed by atoms with Crippen LogP contribution in [0.2, 0.25) is 0 Å². The Morgan fingerprint density at radius 2 is 2.28 bits per heavy atom. The predicted molar refractivity (Wildman–Crippen MR) is 77.8 cm³/mol. The summed E-state index contributed by atoms with van der Waals surface area (Å²) in [6.45, 7) is 7.02. The van der Waals surface area contributed by atoms with E-state index in [1.165, 1.54) is 0 Å². The lowest BCUT2D eigenvalue weighted by Crippen LogP contribution is -2.40. The summed E-state index contributed by atoms with van der Waals surface area (Å²) in [4.78, 5) is 4.36. The second kappa shape index (κ2) is 5.05. The molecule has 0 amide bonds. The van der Waals surface area contributed by atoms with Crippen LogP contribution in [0, 0.1) is 6.92 Å². The molecule has 0 radical (unpaired) electrons. The van der Waals surface area contributed by atoms with E-state index in [-0.39, 0.29) is 5.60 Å². The van der Waals surface area contributed by atoms with Crippen molar-refractivity contribution in [1.29, 1.82) is 0 Å². The van der Waals surface area contributed by atoms with E-state index in [2.05, 4.69) is 40.1 Å². The van der Waals surface area contributed by atoms with Crippen molar-refractivity contribution in [2.75, 3.05) is 17.7 Å². The van der Waals surface area contributed by atoms with Gasteiger partial charge in [0.15, 0.2) is 0 Å². The normalized spacial score (nSPS) is 22.8. The van der Waals surface area contributed by atoms with Crippen LogP contribution in [0.5, 0.6) is 0 Å². The number of nitrogen functional groups attached to an aromatic ring is 1. The highest BCUT2D eigenvalue weighted by Gasteiger charge is 2.29. The Morgan fingerprint density at radius 1 is 1.56 bits per heavy atom. The van der Waals surface area contributed by atoms with Gasteiger partial charge in [0.05, 0.1) is 22.0 Å². The van der Waals surface area contributed by atoms with Gasteiger partial charge < -0.3 is 15.8 Å². The minimum absolute atomic E-state index is 0.0642. The fourth-order valence-electron chi connectivity index (χ4n) is 2.24. The lowest BCUT2D eigenvalue weighted by Gasteiger charge is -2.36. The molecule has 1 saturated heterocycles. The smallest absolute Gasteiger partial charge is 0.140 e. The second-order valence-corrected chi connectivity index (χ2v) is 6.24. The molecule has 18 heavy (non-hydrogen) atoms. The van der Waals surface area contributed by atoms with Crippen molar-refractivity contribution in [3.63, 3.8) is 0 Å². The lowest BCUT2D eigenvalue weighted by atomic mass is 9.94. The Bertz CT molecular complexity index is 448. The highest BCUT2D eigenvalue weighted by molar-refractivity contribution is 9.10. The van der Waals surface area contributed by atoms with E-state index in [0.29, 0.717) is 11.7 Å². The quantitative estimate of drug-likeness (QED) is 0.880. The Hall–Kier alpha value is -0.810. The van der Waals surface area contributed by atoms with Crippen LogP contribution >= 0.6 is 15.9 Å². The summed E-state index contributed by atoms with van der Waals surface area (Å²) in [6.07, 6.45) is 3.68. The first-order valence-electron chi connectivity index (χ1n) is 6.20. The van der Waals surface area contributed by atoms with Gasteiger partial charge in [0.1, 0.15) is 5.82 Å². The van der Waals surface area contributed by atoms with Crippen LogP contribution in [0.3, 0.4) is 0 Å². The zero-order chi connectivity index (χ0) is 13.3. The molecular weight excluding hydrogens is 294 g/mol. The van der Waals surface area contributed by atoms with Crippen molar-refractivity contribution < 1.29 is 4.74 Å². The van der Waals surface area contributed by atoms with Crippen molar-refractivity contribution in [1.82, 2.24) is 4.98 Å². The zero-order valence-corrected chi connectivity index (χ0v) is 12.7. The van der Waals surface area contributed by atoms with Gasteiger partial charge in [-0.25, -0.2) is 4.98 Å². The minimum atomic E-state index is -0.0642. The van der Waals surface area contributed by atoms with E-state index in [9.17, 15) is 0 Å². The Balaban J connectivity index is 2.12. The van der Waals surface area contributed by atoms with Crippen LogP contribution in [0.4, 0.5) is 11.5 Å². The average molecular weight is 314 g/mol. The first kappa shape index (κ1) is 13.6. The Labute approximate surface area is 116 Å². The highest BCUT2D eigenvalue weighted by Crippen LogP contribution is 2.31. The van der Waals surface area contributed by atoms with Crippen molar-refractivity contribution in [3.05, 3.63) is 16.2 Å². The van der Waals surface area contributed by atoms with Crippen LogP contribution in [0.25, 0.3) is 0 Å². The summed E-state index contributed by atoms with van der Waals surface area (Å²) in [5.74, 6) is 0.865. The van der Waals surface area contributed by atoms with Gasteiger partial charge in [0, 0.05) is 12.6 Å². The number of pyridine rings is 1. The Morgan fingerprint density at radius 3 is 2.94 bits per heavy atom. The number of nitrogens with two attached hydrogens (primary N) is 1. The summed E-state index contributed by atoms with van der Waals surface area (Å²) in [5, 5.41) is 3.48. The minimum Gasteiger partial charge on any atom is -0.397 e. The number of hydrogen-bond donors (Lipinski definition) is 2. The topological polar surface area (TPSA) is 60.2 Å². The molecule has 4 nitrogen and oxygen atoms in total. The van der Waals surface area contributed by atoms with Gasteiger partial charge in [-0.05, 0) is 55.1 Å².